The van der Waals surface area contributed by atoms with Crippen LogP contribution in [0.25, 0.3) is 0 Å². The summed E-state index contributed by atoms with van der Waals surface area (Å²) in [5.74, 6) is -0.332. The van der Waals surface area contributed by atoms with Crippen LogP contribution in [-0.4, -0.2) is 18.2 Å². The molecular weight excluding hydrogens is 306 g/mol. The van der Waals surface area contributed by atoms with Crippen LogP contribution in [0.3, 0.4) is 0 Å². The van der Waals surface area contributed by atoms with Gasteiger partial charge in [0.25, 0.3) is 0 Å². The Kier molecular flexibility index (Phi) is 3.30. The maximum atomic E-state index is 6.33. The summed E-state index contributed by atoms with van der Waals surface area (Å²) in [5.41, 5.74) is 3.40. The zero-order chi connectivity index (χ0) is 14.4. The highest BCUT2D eigenvalue weighted by Gasteiger charge is 2.47. The molecule has 0 bridgehead atoms. The summed E-state index contributed by atoms with van der Waals surface area (Å²) in [7, 11) is 0. The van der Waals surface area contributed by atoms with Crippen molar-refractivity contribution in [3.63, 3.8) is 0 Å². The number of pyridine rings is 1. The molecule has 0 saturated carbocycles. The van der Waals surface area contributed by atoms with E-state index in [-0.39, 0.29) is 0 Å². The van der Waals surface area contributed by atoms with E-state index in [0.717, 1.165) is 29.1 Å². The van der Waals surface area contributed by atoms with Crippen LogP contribution in [0.1, 0.15) is 34.0 Å². The Balaban J connectivity index is 1.83. The number of hydrogen-bond acceptors (Lipinski definition) is 4. The SMILES string of the molecule is Cc1ccnc2c1C1(CC(c3sccc3Cl)C2)OCCO1. The van der Waals surface area contributed by atoms with Crippen LogP contribution in [0.5, 0.6) is 0 Å². The zero-order valence-corrected chi connectivity index (χ0v) is 13.3. The summed E-state index contributed by atoms with van der Waals surface area (Å²) in [6.45, 7) is 3.38. The quantitative estimate of drug-likeness (QED) is 0.794. The van der Waals surface area contributed by atoms with Crippen molar-refractivity contribution in [3.8, 4) is 0 Å². The molecule has 21 heavy (non-hydrogen) atoms. The third-order valence-corrected chi connectivity index (χ3v) is 5.86. The molecule has 0 radical (unpaired) electrons. The first-order chi connectivity index (χ1) is 10.2. The summed E-state index contributed by atoms with van der Waals surface area (Å²) in [4.78, 5) is 5.80. The van der Waals surface area contributed by atoms with E-state index in [1.165, 1.54) is 10.4 Å². The van der Waals surface area contributed by atoms with Crippen LogP contribution in [0.4, 0.5) is 0 Å². The lowest BCUT2D eigenvalue weighted by molar-refractivity contribution is -0.179. The lowest BCUT2D eigenvalue weighted by atomic mass is 9.80. The molecule has 110 valence electrons. The molecule has 1 aliphatic carbocycles. The van der Waals surface area contributed by atoms with E-state index in [9.17, 15) is 0 Å². The van der Waals surface area contributed by atoms with Gasteiger partial charge in [-0.3, -0.25) is 4.98 Å². The van der Waals surface area contributed by atoms with Gasteiger partial charge < -0.3 is 9.47 Å². The minimum absolute atomic E-state index is 0.303. The Morgan fingerprint density at radius 3 is 2.86 bits per heavy atom. The normalized spacial score (nSPS) is 23.4. The first-order valence-corrected chi connectivity index (χ1v) is 8.41. The van der Waals surface area contributed by atoms with Gasteiger partial charge in [-0.1, -0.05) is 11.6 Å². The van der Waals surface area contributed by atoms with Crippen LogP contribution in [0, 0.1) is 6.92 Å². The van der Waals surface area contributed by atoms with E-state index in [1.807, 2.05) is 23.7 Å². The zero-order valence-electron chi connectivity index (χ0n) is 11.8. The van der Waals surface area contributed by atoms with Gasteiger partial charge >= 0.3 is 0 Å². The third kappa shape index (κ3) is 2.13. The lowest BCUT2D eigenvalue weighted by Gasteiger charge is -2.38. The molecule has 3 heterocycles. The van der Waals surface area contributed by atoms with Gasteiger partial charge in [-0.2, -0.15) is 0 Å². The molecule has 1 aliphatic heterocycles. The smallest absolute Gasteiger partial charge is 0.197 e. The molecule has 2 aromatic heterocycles. The van der Waals surface area contributed by atoms with Gasteiger partial charge in [-0.25, -0.2) is 0 Å². The van der Waals surface area contributed by atoms with Crippen LogP contribution in [-0.2, 0) is 21.7 Å². The van der Waals surface area contributed by atoms with Gasteiger partial charge in [-0.15, -0.1) is 11.3 Å². The monoisotopic (exact) mass is 321 g/mol. The van der Waals surface area contributed by atoms with E-state index in [1.54, 1.807) is 11.3 Å². The fourth-order valence-corrected chi connectivity index (χ4v) is 4.84. The number of aromatic nitrogens is 1. The highest BCUT2D eigenvalue weighted by Crippen LogP contribution is 2.49. The number of fused-ring (bicyclic) bond motifs is 2. The average molecular weight is 322 g/mol. The van der Waals surface area contributed by atoms with Crippen LogP contribution in [0.2, 0.25) is 5.02 Å². The molecule has 2 aliphatic rings. The Bertz CT molecular complexity index is 679. The molecule has 0 N–H and O–H groups in total. The number of ether oxygens (including phenoxy) is 2. The maximum absolute atomic E-state index is 6.33. The summed E-state index contributed by atoms with van der Waals surface area (Å²) in [6.07, 6.45) is 3.58. The molecule has 0 amide bonds. The average Bonchev–Trinajstić information content (AvgIpc) is 3.08. The van der Waals surface area contributed by atoms with E-state index < -0.39 is 5.79 Å². The highest BCUT2D eigenvalue weighted by atomic mass is 35.5. The van der Waals surface area contributed by atoms with Gasteiger partial charge in [0.15, 0.2) is 5.79 Å². The van der Waals surface area contributed by atoms with Crippen molar-refractivity contribution in [2.45, 2.75) is 31.5 Å². The van der Waals surface area contributed by atoms with Crippen molar-refractivity contribution < 1.29 is 9.47 Å². The van der Waals surface area contributed by atoms with Crippen molar-refractivity contribution in [2.24, 2.45) is 0 Å². The molecule has 1 spiro atoms. The summed E-state index contributed by atoms with van der Waals surface area (Å²) < 4.78 is 12.1. The fourth-order valence-electron chi connectivity index (χ4n) is 3.52. The second-order valence-electron chi connectivity index (χ2n) is 5.64. The second-order valence-corrected chi connectivity index (χ2v) is 6.99. The molecule has 1 atom stereocenters. The van der Waals surface area contributed by atoms with Crippen LogP contribution < -0.4 is 0 Å². The molecule has 0 aromatic carbocycles. The molecule has 5 heteroatoms. The Labute approximate surface area is 132 Å². The first-order valence-electron chi connectivity index (χ1n) is 7.15. The highest BCUT2D eigenvalue weighted by molar-refractivity contribution is 7.10. The standard InChI is InChI=1S/C16H16ClNO2S/c1-10-2-4-18-13-8-11(15-12(17)3-7-21-15)9-16(14(10)13)19-5-6-20-16/h2-4,7,11H,5-6,8-9H2,1H3. The summed E-state index contributed by atoms with van der Waals surface area (Å²) in [5, 5.41) is 2.88. The van der Waals surface area contributed by atoms with Crippen molar-refractivity contribution in [1.82, 2.24) is 4.98 Å². The minimum atomic E-state index is -0.635. The largest absolute Gasteiger partial charge is 0.343 e. The van der Waals surface area contributed by atoms with E-state index in [0.29, 0.717) is 19.1 Å². The maximum Gasteiger partial charge on any atom is 0.197 e. The van der Waals surface area contributed by atoms with Crippen LogP contribution >= 0.6 is 22.9 Å². The van der Waals surface area contributed by atoms with Crippen molar-refractivity contribution >= 4 is 22.9 Å². The number of nitrogens with zero attached hydrogens (tertiary/aromatic N) is 1. The van der Waals surface area contributed by atoms with Gasteiger partial charge in [-0.05, 0) is 36.4 Å². The van der Waals surface area contributed by atoms with Crippen molar-refractivity contribution in [3.05, 3.63) is 50.4 Å². The summed E-state index contributed by atoms with van der Waals surface area (Å²) in [6, 6.07) is 3.99. The molecule has 1 saturated heterocycles. The van der Waals surface area contributed by atoms with E-state index in [2.05, 4.69) is 11.9 Å². The molecule has 2 aromatic rings. The number of halogens is 1. The predicted molar refractivity (Wildman–Crippen MR) is 82.9 cm³/mol. The second kappa shape index (κ2) is 5.06. The molecule has 1 unspecified atom stereocenters. The fraction of sp³-hybridized carbons (Fsp3) is 0.438. The Hall–Kier alpha value is -0.940. The third-order valence-electron chi connectivity index (χ3n) is 4.34. The number of thiophene rings is 1. The Morgan fingerprint density at radius 2 is 2.14 bits per heavy atom. The molecule has 3 nitrogen and oxygen atoms in total. The molecule has 1 fully saturated rings. The van der Waals surface area contributed by atoms with E-state index >= 15 is 0 Å². The first kappa shape index (κ1) is 13.7. The topological polar surface area (TPSA) is 31.4 Å². The van der Waals surface area contributed by atoms with Gasteiger partial charge in [0.1, 0.15) is 0 Å². The minimum Gasteiger partial charge on any atom is -0.343 e. The van der Waals surface area contributed by atoms with E-state index in [4.69, 9.17) is 21.1 Å². The molecule has 4 rings (SSSR count). The van der Waals surface area contributed by atoms with Gasteiger partial charge in [0.05, 0.1) is 18.2 Å². The van der Waals surface area contributed by atoms with Gasteiger partial charge in [0.2, 0.25) is 0 Å². The lowest BCUT2D eigenvalue weighted by Crippen LogP contribution is -2.36. The van der Waals surface area contributed by atoms with Crippen molar-refractivity contribution in [2.75, 3.05) is 13.2 Å². The Morgan fingerprint density at radius 1 is 1.33 bits per heavy atom. The predicted octanol–water partition coefficient (Wildman–Crippen LogP) is 4.03. The number of rotatable bonds is 1. The number of aryl methyl sites for hydroxylation is 1. The summed E-state index contributed by atoms with van der Waals surface area (Å²) >= 11 is 8.04. The van der Waals surface area contributed by atoms with Crippen LogP contribution in [0.15, 0.2) is 23.7 Å². The van der Waals surface area contributed by atoms with Gasteiger partial charge in [0, 0.05) is 34.7 Å². The molecular formula is C16H16ClNO2S. The number of hydrogen-bond donors (Lipinski definition) is 0. The van der Waals surface area contributed by atoms with Crippen molar-refractivity contribution in [1.29, 1.82) is 0 Å².